The average molecular weight is 380 g/mol. The molecule has 0 aliphatic rings. The maximum absolute atomic E-state index is 5.40. The van der Waals surface area contributed by atoms with Crippen molar-refractivity contribution in [2.24, 2.45) is 0 Å². The molecule has 1 aromatic heterocycles. The first-order valence-electron chi connectivity index (χ1n) is 8.78. The molecule has 0 aliphatic carbocycles. The number of aryl methyl sites for hydroxylation is 2. The van der Waals surface area contributed by atoms with E-state index in [1.165, 1.54) is 6.33 Å². The lowest BCUT2D eigenvalue weighted by atomic mass is 10.1. The Balaban J connectivity index is 1.87. The second-order valence-electron chi connectivity index (χ2n) is 6.22. The van der Waals surface area contributed by atoms with E-state index in [9.17, 15) is 0 Å². The Bertz CT molecular complexity index is 930. The second-order valence-corrected chi connectivity index (χ2v) is 6.22. The van der Waals surface area contributed by atoms with Gasteiger partial charge >= 0.3 is 0 Å². The van der Waals surface area contributed by atoms with Crippen molar-refractivity contribution in [1.29, 1.82) is 0 Å². The van der Waals surface area contributed by atoms with Crippen molar-refractivity contribution < 1.29 is 14.2 Å². The zero-order valence-electron chi connectivity index (χ0n) is 16.7. The van der Waals surface area contributed by atoms with Crippen molar-refractivity contribution in [3.8, 4) is 17.2 Å². The molecule has 2 N–H and O–H groups in total. The largest absolute Gasteiger partial charge is 0.493 e. The van der Waals surface area contributed by atoms with E-state index in [4.69, 9.17) is 14.2 Å². The van der Waals surface area contributed by atoms with Crippen LogP contribution in [0.1, 0.15) is 11.1 Å². The fourth-order valence-electron chi connectivity index (χ4n) is 2.93. The minimum absolute atomic E-state index is 0.538. The molecule has 0 saturated carbocycles. The van der Waals surface area contributed by atoms with Crippen LogP contribution in [0.2, 0.25) is 0 Å². The summed E-state index contributed by atoms with van der Waals surface area (Å²) in [6.45, 7) is 4.12. The highest BCUT2D eigenvalue weighted by Crippen LogP contribution is 2.40. The third-order valence-electron chi connectivity index (χ3n) is 4.34. The third kappa shape index (κ3) is 4.09. The van der Waals surface area contributed by atoms with E-state index in [2.05, 4.69) is 46.6 Å². The van der Waals surface area contributed by atoms with E-state index in [1.807, 2.05) is 24.3 Å². The van der Waals surface area contributed by atoms with Crippen LogP contribution in [0.15, 0.2) is 42.7 Å². The van der Waals surface area contributed by atoms with Crippen molar-refractivity contribution >= 4 is 23.0 Å². The van der Waals surface area contributed by atoms with Crippen LogP contribution in [-0.4, -0.2) is 31.3 Å². The van der Waals surface area contributed by atoms with E-state index < -0.39 is 0 Å². The lowest BCUT2D eigenvalue weighted by molar-refractivity contribution is 0.324. The molecular weight excluding hydrogens is 356 g/mol. The Labute approximate surface area is 164 Å². The quantitative estimate of drug-likeness (QED) is 0.620. The van der Waals surface area contributed by atoms with Gasteiger partial charge in [0.05, 0.1) is 21.3 Å². The Kier molecular flexibility index (Phi) is 5.84. The first-order valence-corrected chi connectivity index (χ1v) is 8.78. The van der Waals surface area contributed by atoms with E-state index in [-0.39, 0.29) is 0 Å². The highest BCUT2D eigenvalue weighted by molar-refractivity contribution is 5.69. The summed E-state index contributed by atoms with van der Waals surface area (Å²) in [5, 5.41) is 6.62. The molecule has 2 aromatic carbocycles. The first kappa shape index (κ1) is 19.3. The number of hydrogen-bond donors (Lipinski definition) is 2. The van der Waals surface area contributed by atoms with Crippen molar-refractivity contribution in [1.82, 2.24) is 9.97 Å². The molecule has 3 rings (SSSR count). The van der Waals surface area contributed by atoms with Crippen LogP contribution in [0.5, 0.6) is 17.2 Å². The predicted molar refractivity (Wildman–Crippen MR) is 111 cm³/mol. The van der Waals surface area contributed by atoms with Gasteiger partial charge in [-0.05, 0) is 25.0 Å². The van der Waals surface area contributed by atoms with E-state index in [0.717, 1.165) is 22.5 Å². The highest BCUT2D eigenvalue weighted by Gasteiger charge is 2.14. The number of methoxy groups -OCH3 is 3. The van der Waals surface area contributed by atoms with Crippen LogP contribution in [0.25, 0.3) is 0 Å². The molecule has 28 heavy (non-hydrogen) atoms. The molecule has 7 nitrogen and oxygen atoms in total. The summed E-state index contributed by atoms with van der Waals surface area (Å²) in [5.41, 5.74) is 4.10. The maximum Gasteiger partial charge on any atom is 0.203 e. The number of hydrogen-bond acceptors (Lipinski definition) is 7. The fraction of sp³-hybridized carbons (Fsp3) is 0.238. The molecule has 0 fully saturated rings. The van der Waals surface area contributed by atoms with Crippen LogP contribution >= 0.6 is 0 Å². The molecule has 0 radical (unpaired) electrons. The number of rotatable bonds is 7. The molecule has 0 amide bonds. The molecule has 0 aliphatic heterocycles. The predicted octanol–water partition coefficient (Wildman–Crippen LogP) is 4.61. The van der Waals surface area contributed by atoms with Gasteiger partial charge in [0.15, 0.2) is 11.5 Å². The Morgan fingerprint density at radius 3 is 1.86 bits per heavy atom. The summed E-state index contributed by atoms with van der Waals surface area (Å²) in [7, 11) is 4.74. The Morgan fingerprint density at radius 2 is 1.32 bits per heavy atom. The monoisotopic (exact) mass is 380 g/mol. The third-order valence-corrected chi connectivity index (χ3v) is 4.34. The number of nitrogens with zero attached hydrogens (tertiary/aromatic N) is 2. The number of para-hydroxylation sites is 1. The Hall–Kier alpha value is -3.48. The number of aromatic nitrogens is 2. The average Bonchev–Trinajstić information content (AvgIpc) is 2.70. The molecular formula is C21H24N4O3. The summed E-state index contributed by atoms with van der Waals surface area (Å²) < 4.78 is 16.2. The summed E-state index contributed by atoms with van der Waals surface area (Å²) >= 11 is 0. The van der Waals surface area contributed by atoms with Crippen LogP contribution in [0, 0.1) is 13.8 Å². The van der Waals surface area contributed by atoms with Crippen molar-refractivity contribution in [3.05, 3.63) is 53.9 Å². The SMILES string of the molecule is COc1cc(Nc2cc(Nc3c(C)cccc3C)ncn2)cc(OC)c1OC. The van der Waals surface area contributed by atoms with E-state index in [1.54, 1.807) is 21.3 Å². The van der Waals surface area contributed by atoms with Gasteiger partial charge in [-0.15, -0.1) is 0 Å². The zero-order chi connectivity index (χ0) is 20.1. The van der Waals surface area contributed by atoms with Crippen molar-refractivity contribution in [3.63, 3.8) is 0 Å². The molecule has 146 valence electrons. The molecule has 7 heteroatoms. The smallest absolute Gasteiger partial charge is 0.203 e. The van der Waals surface area contributed by atoms with Gasteiger partial charge in [-0.2, -0.15) is 0 Å². The fourth-order valence-corrected chi connectivity index (χ4v) is 2.93. The van der Waals surface area contributed by atoms with Gasteiger partial charge in [-0.3, -0.25) is 0 Å². The molecule has 3 aromatic rings. The lowest BCUT2D eigenvalue weighted by Crippen LogP contribution is -2.02. The summed E-state index contributed by atoms with van der Waals surface area (Å²) in [6, 6.07) is 11.6. The van der Waals surface area contributed by atoms with Gasteiger partial charge in [0.1, 0.15) is 18.0 Å². The van der Waals surface area contributed by atoms with Crippen LogP contribution in [0.3, 0.4) is 0 Å². The number of benzene rings is 2. The molecule has 0 bridgehead atoms. The minimum atomic E-state index is 0.538. The van der Waals surface area contributed by atoms with Gasteiger partial charge in [0, 0.05) is 29.6 Å². The van der Waals surface area contributed by atoms with Gasteiger partial charge in [-0.1, -0.05) is 18.2 Å². The van der Waals surface area contributed by atoms with Gasteiger partial charge < -0.3 is 24.8 Å². The summed E-state index contributed by atoms with van der Waals surface area (Å²) in [5.74, 6) is 3.00. The Morgan fingerprint density at radius 1 is 0.750 bits per heavy atom. The second kappa shape index (κ2) is 8.47. The summed E-state index contributed by atoms with van der Waals surface area (Å²) in [4.78, 5) is 8.62. The number of ether oxygens (including phenoxy) is 3. The molecule has 0 spiro atoms. The molecule has 0 atom stereocenters. The van der Waals surface area contributed by atoms with Crippen LogP contribution in [-0.2, 0) is 0 Å². The zero-order valence-corrected chi connectivity index (χ0v) is 16.7. The van der Waals surface area contributed by atoms with Gasteiger partial charge in [0.2, 0.25) is 5.75 Å². The molecule has 0 unspecified atom stereocenters. The van der Waals surface area contributed by atoms with Crippen LogP contribution in [0.4, 0.5) is 23.0 Å². The normalized spacial score (nSPS) is 10.3. The molecule has 1 heterocycles. The minimum Gasteiger partial charge on any atom is -0.493 e. The number of nitrogens with one attached hydrogen (secondary N) is 2. The van der Waals surface area contributed by atoms with Gasteiger partial charge in [-0.25, -0.2) is 9.97 Å². The maximum atomic E-state index is 5.40. The van der Waals surface area contributed by atoms with E-state index >= 15 is 0 Å². The van der Waals surface area contributed by atoms with Crippen molar-refractivity contribution in [2.75, 3.05) is 32.0 Å². The first-order chi connectivity index (χ1) is 13.5. The standard InChI is InChI=1S/C21H24N4O3/c1-13-7-6-8-14(2)20(13)25-19-11-18(22-12-23-19)24-15-9-16(26-3)21(28-5)17(10-15)27-4/h6-12H,1-5H3,(H2,22,23,24,25). The van der Waals surface area contributed by atoms with Crippen LogP contribution < -0.4 is 24.8 Å². The van der Waals surface area contributed by atoms with E-state index in [0.29, 0.717) is 28.9 Å². The van der Waals surface area contributed by atoms with Crippen molar-refractivity contribution in [2.45, 2.75) is 13.8 Å². The molecule has 0 saturated heterocycles. The topological polar surface area (TPSA) is 77.5 Å². The highest BCUT2D eigenvalue weighted by atomic mass is 16.5. The summed E-state index contributed by atoms with van der Waals surface area (Å²) in [6.07, 6.45) is 1.51. The van der Waals surface area contributed by atoms with Gasteiger partial charge in [0.25, 0.3) is 0 Å². The number of anilines is 4. The lowest BCUT2D eigenvalue weighted by Gasteiger charge is -2.15.